The van der Waals surface area contributed by atoms with Crippen molar-refractivity contribution in [1.29, 1.82) is 21.0 Å². The third-order valence-electron chi connectivity index (χ3n) is 9.08. The van der Waals surface area contributed by atoms with Crippen molar-refractivity contribution in [1.82, 2.24) is 0 Å². The molecule has 2 aromatic carbocycles. The average molecular weight is 717 g/mol. The Morgan fingerprint density at radius 1 is 0.653 bits per heavy atom. The van der Waals surface area contributed by atoms with Crippen molar-refractivity contribution in [2.45, 2.75) is 41.9 Å². The minimum absolute atomic E-state index is 0.0232. The fourth-order valence-corrected chi connectivity index (χ4v) is 12.6. The number of aliphatic imine (C=N–C) groups is 2. The number of nitriles is 4. The van der Waals surface area contributed by atoms with E-state index in [9.17, 15) is 37.9 Å². The summed E-state index contributed by atoms with van der Waals surface area (Å²) in [6, 6.07) is 23.3. The molecule has 0 saturated carbocycles. The Kier molecular flexibility index (Phi) is 7.40. The summed E-state index contributed by atoms with van der Waals surface area (Å²) in [4.78, 5) is 10.8. The zero-order valence-corrected chi connectivity index (χ0v) is 28.9. The van der Waals surface area contributed by atoms with E-state index in [4.69, 9.17) is 0 Å². The lowest BCUT2D eigenvalue weighted by molar-refractivity contribution is 0.492. The van der Waals surface area contributed by atoms with Crippen LogP contribution in [0.1, 0.15) is 48.9 Å². The Morgan fingerprint density at radius 3 is 1.37 bits per heavy atom. The predicted octanol–water partition coefficient (Wildman–Crippen LogP) is 7.53. The van der Waals surface area contributed by atoms with Crippen molar-refractivity contribution in [3.05, 3.63) is 94.1 Å². The number of thiophene rings is 2. The van der Waals surface area contributed by atoms with E-state index in [0.717, 1.165) is 20.9 Å². The summed E-state index contributed by atoms with van der Waals surface area (Å²) in [5.74, 6) is 0. The fourth-order valence-electron chi connectivity index (χ4n) is 6.78. The Hall–Kier alpha value is -5.48. The van der Waals surface area contributed by atoms with E-state index >= 15 is 0 Å². The molecule has 0 amide bonds. The lowest BCUT2D eigenvalue weighted by Crippen LogP contribution is -2.22. The Bertz CT molecular complexity index is 2500. The summed E-state index contributed by atoms with van der Waals surface area (Å²) < 4.78 is 54.7. The molecule has 0 N–H and O–H groups in total. The maximum absolute atomic E-state index is 13.7. The SMILES string of the molecule is CCC1(CC)c2cc(N=C3C(=C(C#N)C#N)c4ccccc4S3(=O)=O)sc2-c2sc(N=C3C(=C(C#N)C#N)c4ccccc4S3(=O)=O)cc21. The normalized spacial score (nSPS) is 18.5. The van der Waals surface area contributed by atoms with Gasteiger partial charge in [-0.2, -0.15) is 21.0 Å². The zero-order chi connectivity index (χ0) is 34.9. The minimum atomic E-state index is -4.14. The van der Waals surface area contributed by atoms with E-state index < -0.39 is 25.1 Å². The van der Waals surface area contributed by atoms with Gasteiger partial charge < -0.3 is 0 Å². The topological polar surface area (TPSA) is 188 Å². The third-order valence-corrected chi connectivity index (χ3v) is 14.8. The van der Waals surface area contributed by atoms with Crippen LogP contribution in [0, 0.1) is 45.3 Å². The molecule has 0 saturated heterocycles. The highest BCUT2D eigenvalue weighted by Crippen LogP contribution is 2.61. The van der Waals surface area contributed by atoms with E-state index in [0.29, 0.717) is 22.8 Å². The van der Waals surface area contributed by atoms with Crippen LogP contribution in [0.3, 0.4) is 0 Å². The quantitative estimate of drug-likeness (QED) is 0.194. The van der Waals surface area contributed by atoms with E-state index in [1.165, 1.54) is 34.8 Å². The van der Waals surface area contributed by atoms with Crippen molar-refractivity contribution in [2.75, 3.05) is 0 Å². The number of hydrogen-bond acceptors (Lipinski definition) is 12. The van der Waals surface area contributed by atoms with Crippen LogP contribution in [0.25, 0.3) is 20.9 Å². The highest BCUT2D eigenvalue weighted by atomic mass is 32.2. The number of nitrogens with zero attached hydrogens (tertiary/aromatic N) is 6. The van der Waals surface area contributed by atoms with Gasteiger partial charge >= 0.3 is 0 Å². The molecule has 2 aliphatic heterocycles. The molecular formula is C35H20N6O4S4. The maximum Gasteiger partial charge on any atom is 0.225 e. The zero-order valence-electron chi connectivity index (χ0n) is 25.6. The van der Waals surface area contributed by atoms with E-state index in [1.807, 2.05) is 50.3 Å². The predicted molar refractivity (Wildman–Crippen MR) is 187 cm³/mol. The second-order valence-corrected chi connectivity index (χ2v) is 17.0. The monoisotopic (exact) mass is 716 g/mol. The molecule has 2 aromatic heterocycles. The molecule has 0 unspecified atom stereocenters. The van der Waals surface area contributed by atoms with Gasteiger partial charge in [0.25, 0.3) is 0 Å². The third kappa shape index (κ3) is 4.36. The lowest BCUT2D eigenvalue weighted by atomic mass is 9.75. The molecule has 1 aliphatic carbocycles. The molecule has 0 fully saturated rings. The van der Waals surface area contributed by atoms with Crippen LogP contribution < -0.4 is 0 Å². The number of rotatable bonds is 4. The van der Waals surface area contributed by atoms with E-state index in [-0.39, 0.29) is 53.3 Å². The maximum atomic E-state index is 13.7. The summed E-state index contributed by atoms with van der Waals surface area (Å²) in [6.07, 6.45) is 1.32. The van der Waals surface area contributed by atoms with Gasteiger partial charge in [0.1, 0.15) is 45.4 Å². The first-order valence-corrected chi connectivity index (χ1v) is 19.4. The lowest BCUT2D eigenvalue weighted by Gasteiger charge is -2.27. The molecule has 0 radical (unpaired) electrons. The van der Waals surface area contributed by atoms with Crippen molar-refractivity contribution < 1.29 is 16.8 Å². The van der Waals surface area contributed by atoms with Crippen molar-refractivity contribution in [3.63, 3.8) is 0 Å². The molecule has 0 bridgehead atoms. The molecule has 49 heavy (non-hydrogen) atoms. The van der Waals surface area contributed by atoms with Crippen LogP contribution in [0.5, 0.6) is 0 Å². The number of fused-ring (bicyclic) bond motifs is 5. The van der Waals surface area contributed by atoms with Crippen molar-refractivity contribution >= 4 is 73.6 Å². The highest BCUT2D eigenvalue weighted by molar-refractivity contribution is 8.08. The van der Waals surface area contributed by atoms with Gasteiger partial charge in [-0.15, -0.1) is 22.7 Å². The van der Waals surface area contributed by atoms with Crippen LogP contribution in [-0.2, 0) is 25.1 Å². The Balaban J connectivity index is 1.42. The smallest absolute Gasteiger partial charge is 0.225 e. The van der Waals surface area contributed by atoms with Gasteiger partial charge in [-0.05, 0) is 48.2 Å². The second-order valence-electron chi connectivity index (χ2n) is 11.2. The molecule has 3 aliphatic rings. The first-order chi connectivity index (χ1) is 23.5. The summed E-state index contributed by atoms with van der Waals surface area (Å²) in [5.41, 5.74) is 1.09. The fraction of sp³-hybridized carbons (Fsp3) is 0.143. The average Bonchev–Trinajstić information content (AvgIpc) is 3.86. The van der Waals surface area contributed by atoms with Crippen LogP contribution in [-0.4, -0.2) is 26.9 Å². The Labute approximate surface area is 290 Å². The molecule has 0 spiro atoms. The van der Waals surface area contributed by atoms with Gasteiger partial charge in [0.05, 0.1) is 19.5 Å². The largest absolute Gasteiger partial charge is 0.225 e. The van der Waals surface area contributed by atoms with Crippen LogP contribution in [0.15, 0.2) is 91.6 Å². The van der Waals surface area contributed by atoms with Crippen LogP contribution in [0.2, 0.25) is 0 Å². The number of sulfone groups is 2. The summed E-state index contributed by atoms with van der Waals surface area (Å²) in [7, 11) is -8.27. The molecule has 14 heteroatoms. The standard InChI is InChI=1S/C35H20N6O4S4/c1-3-35(4-2)23-13-27(40-33-29(19(15-36)16-37)21-9-5-7-11-25(21)48(33,42)43)46-31(23)32-24(35)14-28(47-32)41-34-30(20(17-38)18-39)22-10-6-8-12-26(22)49(34,44)45/h5-14H,3-4H2,1-2H3. The summed E-state index contributed by atoms with van der Waals surface area (Å²) in [5, 5.41) is 38.8. The van der Waals surface area contributed by atoms with Gasteiger partial charge in [-0.25, -0.2) is 26.8 Å². The molecular weight excluding hydrogens is 697 g/mol. The molecule has 0 atom stereocenters. The summed E-state index contributed by atoms with van der Waals surface area (Å²) >= 11 is 2.52. The minimum Gasteiger partial charge on any atom is -0.225 e. The second kappa shape index (κ2) is 11.3. The van der Waals surface area contributed by atoms with Gasteiger partial charge in [-0.3, -0.25) is 0 Å². The molecule has 238 valence electrons. The Morgan fingerprint density at radius 2 is 1.02 bits per heavy atom. The van der Waals surface area contributed by atoms with Crippen LogP contribution >= 0.6 is 22.7 Å². The molecule has 4 heterocycles. The first-order valence-electron chi connectivity index (χ1n) is 14.8. The number of hydrogen-bond donors (Lipinski definition) is 0. The van der Waals surface area contributed by atoms with E-state index in [1.54, 1.807) is 36.4 Å². The van der Waals surface area contributed by atoms with Crippen LogP contribution in [0.4, 0.5) is 10.0 Å². The van der Waals surface area contributed by atoms with Gasteiger partial charge in [0.15, 0.2) is 10.1 Å². The van der Waals surface area contributed by atoms with E-state index in [2.05, 4.69) is 9.98 Å². The molecule has 7 rings (SSSR count). The van der Waals surface area contributed by atoms with Gasteiger partial charge in [0.2, 0.25) is 19.7 Å². The highest BCUT2D eigenvalue weighted by Gasteiger charge is 2.46. The number of allylic oxidation sites excluding steroid dienone is 2. The van der Waals surface area contributed by atoms with Gasteiger partial charge in [0, 0.05) is 27.7 Å². The van der Waals surface area contributed by atoms with Gasteiger partial charge in [-0.1, -0.05) is 50.2 Å². The number of benzene rings is 2. The summed E-state index contributed by atoms with van der Waals surface area (Å²) in [6.45, 7) is 4.07. The molecule has 10 nitrogen and oxygen atoms in total. The van der Waals surface area contributed by atoms with Crippen molar-refractivity contribution in [3.8, 4) is 34.0 Å². The van der Waals surface area contributed by atoms with Crippen molar-refractivity contribution in [2.24, 2.45) is 9.98 Å². The first kappa shape index (κ1) is 32.1. The molecule has 4 aromatic rings.